The first kappa shape index (κ1) is 34.9. The van der Waals surface area contributed by atoms with Crippen molar-refractivity contribution in [2.75, 3.05) is 29.9 Å². The van der Waals surface area contributed by atoms with Crippen molar-refractivity contribution in [2.45, 2.75) is 109 Å². The molecule has 6 rings (SSSR count). The molecule has 1 amide bonds. The van der Waals surface area contributed by atoms with Crippen LogP contribution in [0.5, 0.6) is 0 Å². The molecule has 0 spiro atoms. The van der Waals surface area contributed by atoms with Crippen molar-refractivity contribution in [1.29, 1.82) is 0 Å². The van der Waals surface area contributed by atoms with Gasteiger partial charge in [-0.15, -0.1) is 10.2 Å². The molecule has 3 aromatic rings. The summed E-state index contributed by atoms with van der Waals surface area (Å²) in [5.41, 5.74) is 7.02. The number of amides is 1. The number of nitrogens with two attached hydrogens (primary N) is 1. The highest BCUT2D eigenvalue weighted by molar-refractivity contribution is 5.97. The maximum atomic E-state index is 14.9. The molecule has 2 atom stereocenters. The summed E-state index contributed by atoms with van der Waals surface area (Å²) in [4.78, 5) is 35.0. The smallest absolute Gasteiger partial charge is 0.273 e. The standard InChI is InChI=1S/C38H50FN7O3/c1-24-25(22-32(47)30-16-13-27(23-31(30)39)37(2,3)49)8-7-19-46(24)36-42-35(33(34(40)48)43-44-36)41-28-14-11-26(12-15-28)38(4)17-20-45(21-18-38)29-9-5-6-10-29/h11-16,23-25,29,49H,5-10,17-22H2,1-4H3,(H2,40,48)(H,41,42,44)/t24-,25+/m1/s1. The number of likely N-dealkylation sites (tertiary alicyclic amines) is 1. The number of carbonyl (C=O) groups is 2. The number of ketones is 1. The SMILES string of the molecule is C[C@@H]1[C@H](CC(=O)c2ccc(C(C)(C)O)cc2F)CCCN1c1nnc(C(N)=O)c(Nc2ccc(C3(C)CCN(C4CCCC4)CC3)cc2)n1. The molecule has 3 fully saturated rings. The van der Waals surface area contributed by atoms with Crippen LogP contribution in [0, 0.1) is 11.7 Å². The summed E-state index contributed by atoms with van der Waals surface area (Å²) in [5.74, 6) is -1.19. The number of aromatic nitrogens is 3. The summed E-state index contributed by atoms with van der Waals surface area (Å²) < 4.78 is 14.9. The number of rotatable bonds is 10. The van der Waals surface area contributed by atoms with Gasteiger partial charge in [-0.05, 0) is 119 Å². The molecule has 3 heterocycles. The summed E-state index contributed by atoms with van der Waals surface area (Å²) in [6.45, 7) is 10.4. The van der Waals surface area contributed by atoms with E-state index in [9.17, 15) is 19.1 Å². The minimum atomic E-state index is -1.21. The summed E-state index contributed by atoms with van der Waals surface area (Å²) in [7, 11) is 0. The molecule has 2 aromatic carbocycles. The first-order valence-corrected chi connectivity index (χ1v) is 17.8. The molecular weight excluding hydrogens is 621 g/mol. The Hall–Kier alpha value is -3.96. The molecule has 10 nitrogen and oxygen atoms in total. The molecule has 3 aliphatic rings. The van der Waals surface area contributed by atoms with Crippen LogP contribution >= 0.6 is 0 Å². The van der Waals surface area contributed by atoms with Crippen molar-refractivity contribution in [1.82, 2.24) is 20.1 Å². The first-order valence-electron chi connectivity index (χ1n) is 17.8. The van der Waals surface area contributed by atoms with Crippen LogP contribution in [0.2, 0.25) is 0 Å². The number of nitrogens with one attached hydrogen (secondary N) is 1. The Labute approximate surface area is 288 Å². The predicted molar refractivity (Wildman–Crippen MR) is 189 cm³/mol. The number of piperidine rings is 2. The molecule has 2 aliphatic heterocycles. The predicted octanol–water partition coefficient (Wildman–Crippen LogP) is 6.25. The summed E-state index contributed by atoms with van der Waals surface area (Å²) >= 11 is 0. The minimum Gasteiger partial charge on any atom is -0.386 e. The van der Waals surface area contributed by atoms with Gasteiger partial charge >= 0.3 is 0 Å². The molecule has 1 saturated carbocycles. The number of halogens is 1. The number of hydrogen-bond acceptors (Lipinski definition) is 9. The van der Waals surface area contributed by atoms with Gasteiger partial charge in [-0.25, -0.2) is 4.39 Å². The van der Waals surface area contributed by atoms with Crippen molar-refractivity contribution in [3.8, 4) is 0 Å². The van der Waals surface area contributed by atoms with E-state index < -0.39 is 17.3 Å². The van der Waals surface area contributed by atoms with Crippen LogP contribution < -0.4 is 16.0 Å². The second-order valence-corrected chi connectivity index (χ2v) is 15.1. The van der Waals surface area contributed by atoms with Crippen molar-refractivity contribution in [2.24, 2.45) is 11.7 Å². The molecule has 2 saturated heterocycles. The van der Waals surface area contributed by atoms with Crippen LogP contribution in [0.4, 0.5) is 21.8 Å². The van der Waals surface area contributed by atoms with Crippen LogP contribution in [0.1, 0.15) is 117 Å². The fourth-order valence-corrected chi connectivity index (χ4v) is 7.97. The van der Waals surface area contributed by atoms with E-state index in [1.54, 1.807) is 19.9 Å². The molecule has 49 heavy (non-hydrogen) atoms. The monoisotopic (exact) mass is 671 g/mol. The Balaban J connectivity index is 1.14. The Morgan fingerprint density at radius 2 is 1.71 bits per heavy atom. The lowest BCUT2D eigenvalue weighted by Gasteiger charge is -2.42. The lowest BCUT2D eigenvalue weighted by atomic mass is 9.74. The minimum absolute atomic E-state index is 0.0158. The van der Waals surface area contributed by atoms with Crippen molar-refractivity contribution >= 4 is 29.1 Å². The van der Waals surface area contributed by atoms with Gasteiger partial charge in [0.2, 0.25) is 5.95 Å². The third-order valence-corrected chi connectivity index (χ3v) is 11.3. The summed E-state index contributed by atoms with van der Waals surface area (Å²) in [6.07, 6.45) is 9.37. The lowest BCUT2D eigenvalue weighted by Crippen LogP contribution is -2.45. The zero-order chi connectivity index (χ0) is 34.9. The van der Waals surface area contributed by atoms with Gasteiger partial charge in [-0.3, -0.25) is 9.59 Å². The van der Waals surface area contributed by atoms with E-state index in [4.69, 9.17) is 10.7 Å². The van der Waals surface area contributed by atoms with E-state index in [1.165, 1.54) is 43.4 Å². The van der Waals surface area contributed by atoms with Gasteiger partial charge in [0, 0.05) is 30.7 Å². The Bertz CT molecular complexity index is 1660. The third-order valence-electron chi connectivity index (χ3n) is 11.3. The normalized spacial score (nSPS) is 21.9. The van der Waals surface area contributed by atoms with Crippen LogP contribution in [0.25, 0.3) is 0 Å². The third kappa shape index (κ3) is 7.62. The van der Waals surface area contributed by atoms with Gasteiger partial charge < -0.3 is 26.0 Å². The number of aliphatic hydroxyl groups is 1. The molecule has 11 heteroatoms. The van der Waals surface area contributed by atoms with E-state index in [2.05, 4.69) is 39.5 Å². The van der Waals surface area contributed by atoms with Gasteiger partial charge in [-0.2, -0.15) is 4.98 Å². The number of anilines is 3. The maximum Gasteiger partial charge on any atom is 0.273 e. The van der Waals surface area contributed by atoms with E-state index in [0.29, 0.717) is 18.1 Å². The molecule has 0 bridgehead atoms. The molecule has 1 aromatic heterocycles. The molecule has 262 valence electrons. The van der Waals surface area contributed by atoms with Crippen molar-refractivity contribution < 1.29 is 19.1 Å². The molecule has 4 N–H and O–H groups in total. The van der Waals surface area contributed by atoms with Crippen molar-refractivity contribution in [3.63, 3.8) is 0 Å². The highest BCUT2D eigenvalue weighted by Gasteiger charge is 2.35. The zero-order valence-electron chi connectivity index (χ0n) is 29.2. The van der Waals surface area contributed by atoms with Crippen molar-refractivity contribution in [3.05, 3.63) is 70.7 Å². The van der Waals surface area contributed by atoms with Crippen LogP contribution in [0.3, 0.4) is 0 Å². The average molecular weight is 672 g/mol. The van der Waals surface area contributed by atoms with Gasteiger partial charge in [0.15, 0.2) is 17.3 Å². The number of carbonyl (C=O) groups excluding carboxylic acids is 2. The fourth-order valence-electron chi connectivity index (χ4n) is 7.97. The Morgan fingerprint density at radius 3 is 2.35 bits per heavy atom. The highest BCUT2D eigenvalue weighted by Crippen LogP contribution is 2.38. The lowest BCUT2D eigenvalue weighted by molar-refractivity contribution is 0.0779. The second-order valence-electron chi connectivity index (χ2n) is 15.1. The molecule has 0 radical (unpaired) electrons. The van der Waals surface area contributed by atoms with Crippen LogP contribution in [-0.4, -0.2) is 68.6 Å². The quantitative estimate of drug-likeness (QED) is 0.214. The average Bonchev–Trinajstić information content (AvgIpc) is 3.61. The highest BCUT2D eigenvalue weighted by atomic mass is 19.1. The topological polar surface area (TPSA) is 138 Å². The summed E-state index contributed by atoms with van der Waals surface area (Å²) in [6, 6.07) is 13.2. The number of benzene rings is 2. The number of nitrogens with zero attached hydrogens (tertiary/aromatic N) is 5. The first-order chi connectivity index (χ1) is 23.3. The largest absolute Gasteiger partial charge is 0.386 e. The van der Waals surface area contributed by atoms with Gasteiger partial charge in [0.25, 0.3) is 5.91 Å². The zero-order valence-corrected chi connectivity index (χ0v) is 29.2. The fraction of sp³-hybridized carbons (Fsp3) is 0.553. The van der Waals surface area contributed by atoms with E-state index in [0.717, 1.165) is 50.5 Å². The van der Waals surface area contributed by atoms with E-state index in [1.807, 2.05) is 24.0 Å². The second kappa shape index (κ2) is 14.1. The van der Waals surface area contributed by atoms with Crippen LogP contribution in [0.15, 0.2) is 42.5 Å². The number of hydrogen-bond donors (Lipinski definition) is 3. The number of primary amides is 1. The molecule has 0 unspecified atom stereocenters. The van der Waals surface area contributed by atoms with Gasteiger partial charge in [0.05, 0.1) is 11.2 Å². The van der Waals surface area contributed by atoms with Gasteiger partial charge in [0.1, 0.15) is 5.82 Å². The Morgan fingerprint density at radius 1 is 1.02 bits per heavy atom. The van der Waals surface area contributed by atoms with Crippen LogP contribution in [-0.2, 0) is 11.0 Å². The molecule has 1 aliphatic carbocycles. The number of Topliss-reactive ketones (excluding diaryl/α,β-unsaturated/α-hetero) is 1. The van der Waals surface area contributed by atoms with Gasteiger partial charge in [-0.1, -0.05) is 38.0 Å². The Kier molecular flexibility index (Phi) is 10.0. The summed E-state index contributed by atoms with van der Waals surface area (Å²) in [5, 5.41) is 21.9. The van der Waals surface area contributed by atoms with E-state index >= 15 is 0 Å². The molecular formula is C38H50FN7O3. The van der Waals surface area contributed by atoms with E-state index in [-0.39, 0.29) is 46.7 Å². The maximum absolute atomic E-state index is 14.9.